The molecular formula is C99H78N4O7S8. The van der Waals surface area contributed by atoms with E-state index >= 15 is 0 Å². The molecule has 2 saturated heterocycles. The summed E-state index contributed by atoms with van der Waals surface area (Å²) < 4.78 is 0.388. The van der Waals surface area contributed by atoms with Crippen molar-refractivity contribution in [3.05, 3.63) is 326 Å². The number of aliphatic hydroxyl groups excluding tert-OH is 1. The molecular weight excluding hydrogens is 1610 g/mol. The molecule has 0 radical (unpaired) electrons. The van der Waals surface area contributed by atoms with Gasteiger partial charge in [-0.15, -0.1) is 45.3 Å². The molecule has 584 valence electrons. The Bertz CT molecular complexity index is 6300. The van der Waals surface area contributed by atoms with Gasteiger partial charge in [0, 0.05) is 94.8 Å². The number of benzene rings is 10. The zero-order chi connectivity index (χ0) is 82.0. The first-order valence-corrected chi connectivity index (χ1v) is 44.6. The van der Waals surface area contributed by atoms with Gasteiger partial charge in [0.2, 0.25) is 5.91 Å². The Morgan fingerprint density at radius 3 is 1.08 bits per heavy atom. The number of carboxylic acids is 1. The van der Waals surface area contributed by atoms with E-state index < -0.39 is 24.5 Å². The summed E-state index contributed by atoms with van der Waals surface area (Å²) in [5.41, 5.74) is 30.2. The van der Waals surface area contributed by atoms with Crippen molar-refractivity contribution >= 4 is 166 Å². The quantitative estimate of drug-likeness (QED) is 0.0703. The lowest BCUT2D eigenvalue weighted by molar-refractivity contribution is -0.140. The maximum atomic E-state index is 12.8. The van der Waals surface area contributed by atoms with Crippen LogP contribution in [-0.2, 0) is 42.7 Å². The average Bonchev–Trinajstić information content (AvgIpc) is 1.59. The maximum absolute atomic E-state index is 12.8. The van der Waals surface area contributed by atoms with Gasteiger partial charge in [0.15, 0.2) is 4.32 Å². The summed E-state index contributed by atoms with van der Waals surface area (Å²) in [5.74, 6) is -1.77. The molecule has 19 heteroatoms. The summed E-state index contributed by atoms with van der Waals surface area (Å²) in [6.07, 6.45) is 0.510. The highest BCUT2D eigenvalue weighted by atomic mass is 32.2. The third-order valence-electron chi connectivity index (χ3n) is 23.6. The summed E-state index contributed by atoms with van der Waals surface area (Å²) in [4.78, 5) is 60.9. The van der Waals surface area contributed by atoms with Crippen molar-refractivity contribution < 1.29 is 34.5 Å². The first kappa shape index (κ1) is 78.2. The summed E-state index contributed by atoms with van der Waals surface area (Å²) in [5, 5.41) is 27.1. The predicted molar refractivity (Wildman–Crippen MR) is 499 cm³/mol. The zero-order valence-corrected chi connectivity index (χ0v) is 72.2. The molecule has 0 unspecified atom stereocenters. The molecule has 118 heavy (non-hydrogen) atoms. The van der Waals surface area contributed by atoms with Crippen LogP contribution in [0.1, 0.15) is 110 Å². The second-order valence-corrected chi connectivity index (χ2v) is 39.8. The van der Waals surface area contributed by atoms with Crippen LogP contribution < -0.4 is 9.80 Å². The Labute approximate surface area is 720 Å². The number of nitrogens with zero attached hydrogens (tertiary/aromatic N) is 4. The molecule has 11 nitrogen and oxygen atoms in total. The number of thiocarbonyl (C=S) groups is 2. The van der Waals surface area contributed by atoms with Gasteiger partial charge in [-0.3, -0.25) is 19.3 Å². The lowest BCUT2D eigenvalue weighted by Crippen LogP contribution is -2.33. The molecule has 0 spiro atoms. The molecule has 20 rings (SSSR count). The van der Waals surface area contributed by atoms with E-state index in [4.69, 9.17) is 17.3 Å². The number of hydrogen-bond acceptors (Lipinski definition) is 15. The predicted octanol–water partition coefficient (Wildman–Crippen LogP) is 26.8. The van der Waals surface area contributed by atoms with E-state index in [1.165, 1.54) is 109 Å². The van der Waals surface area contributed by atoms with Crippen LogP contribution in [-0.4, -0.2) is 69.9 Å². The van der Waals surface area contributed by atoms with Crippen LogP contribution in [0.4, 0.5) is 38.9 Å². The number of rotatable bonds is 14. The van der Waals surface area contributed by atoms with E-state index in [0.29, 0.717) is 9.81 Å². The number of carboxylic acid groups (broad SMARTS) is 2. The normalized spacial score (nSPS) is 15.8. The van der Waals surface area contributed by atoms with Gasteiger partial charge in [-0.25, -0.2) is 4.79 Å². The fourth-order valence-electron chi connectivity index (χ4n) is 17.6. The minimum absolute atomic E-state index is 0.0869. The van der Waals surface area contributed by atoms with Crippen molar-refractivity contribution in [1.82, 2.24) is 9.80 Å². The van der Waals surface area contributed by atoms with E-state index in [1.54, 1.807) is 51.4 Å². The van der Waals surface area contributed by atoms with Crippen molar-refractivity contribution in [3.8, 4) is 84.9 Å². The monoisotopic (exact) mass is 1690 g/mol. The molecule has 0 saturated carbocycles. The van der Waals surface area contributed by atoms with Crippen molar-refractivity contribution in [2.24, 2.45) is 0 Å². The number of carbonyl (C=O) groups is 4. The van der Waals surface area contributed by atoms with Gasteiger partial charge >= 0.3 is 12.1 Å². The van der Waals surface area contributed by atoms with Gasteiger partial charge in [-0.05, 0) is 228 Å². The highest BCUT2D eigenvalue weighted by Crippen LogP contribution is 2.57. The first-order valence-electron chi connectivity index (χ1n) is 38.7. The molecule has 2 fully saturated rings. The molecule has 0 atom stereocenters. The lowest BCUT2D eigenvalue weighted by atomic mass is 9.82. The van der Waals surface area contributed by atoms with Crippen LogP contribution >= 0.6 is 93.3 Å². The molecule has 6 aliphatic rings. The third-order valence-corrected chi connectivity index (χ3v) is 31.1. The number of anilines is 6. The van der Waals surface area contributed by atoms with Crippen LogP contribution in [0, 0.1) is 0 Å². The minimum Gasteiger partial charge on any atom is -0.480 e. The van der Waals surface area contributed by atoms with E-state index in [0.717, 1.165) is 92.5 Å². The summed E-state index contributed by atoms with van der Waals surface area (Å²) >= 11 is 18.9. The minimum atomic E-state index is -1.29. The number of thiophene rings is 4. The molecule has 2 aliphatic heterocycles. The smallest absolute Gasteiger partial charge is 0.419 e. The Morgan fingerprint density at radius 1 is 0.398 bits per heavy atom. The highest BCUT2D eigenvalue weighted by molar-refractivity contribution is 8.26. The van der Waals surface area contributed by atoms with Gasteiger partial charge in [0.1, 0.15) is 10.9 Å². The van der Waals surface area contributed by atoms with Crippen molar-refractivity contribution in [2.75, 3.05) is 22.1 Å². The van der Waals surface area contributed by atoms with E-state index in [1.807, 2.05) is 12.1 Å². The molecule has 6 heterocycles. The number of aliphatic carboxylic acids is 1. The molecule has 3 N–H and O–H groups in total. The number of thioether (sulfide) groups is 2. The van der Waals surface area contributed by atoms with E-state index in [2.05, 4.69) is 332 Å². The van der Waals surface area contributed by atoms with Gasteiger partial charge in [-0.1, -0.05) is 249 Å². The van der Waals surface area contributed by atoms with Crippen LogP contribution in [0.25, 0.3) is 91.0 Å². The number of carbonyl (C=O) groups excluding carboxylic acids is 2. The average molecular weight is 1690 g/mol. The first-order chi connectivity index (χ1) is 56.7. The van der Waals surface area contributed by atoms with Crippen LogP contribution in [0.5, 0.6) is 0 Å². The Morgan fingerprint density at radius 2 is 0.737 bits per heavy atom. The fourth-order valence-corrected chi connectivity index (χ4v) is 24.0. The number of fused-ring (bicyclic) bond motifs is 12. The standard InChI is InChI=1S/C50H38N2O3S4.C45H37NOS2.C4H3NO3S2/c1-49(2)38-11-7-5-9-34(38)36-20-17-31(25-40(36)49)52(32-18-21-37-35-10-6-8-12-39(35)50(3,4)41(37)26-32)30-15-13-29(14-16-30)42-23-24-44(58-42)43-22-19-33(57-43)27-45-47(55)51(28-46(53)54)48(56)59-45;1-44(2)37-11-7-5-9-33(37)35-20-17-30(25-39(35)44)46(31-18-21-36-34-10-6-8-12-38(34)45(3,4)40(36)26-31)29-15-13-28(14-16-29)41-23-24-43(49-41)42-22-19-32(27-47)48-42;6-2-1-10-4(9)5(2)3(7)8/h5-27H,28H2,1-4H3,(H,53,54);5-26,47H,27H2,1-4H3;1H2,(H,7,8)/b45-27-;;. The Hall–Kier alpha value is -10.9. The van der Waals surface area contributed by atoms with Crippen LogP contribution in [0.2, 0.25) is 0 Å². The fraction of sp³-hybridized carbons (Fsp3) is 0.152. The zero-order valence-electron chi connectivity index (χ0n) is 65.6. The molecule has 10 aromatic carbocycles. The number of aliphatic hydroxyl groups is 1. The third kappa shape index (κ3) is 13.7. The van der Waals surface area contributed by atoms with Gasteiger partial charge in [0.05, 0.1) is 17.3 Å². The van der Waals surface area contributed by atoms with Gasteiger partial charge in [0.25, 0.3) is 5.91 Å². The van der Waals surface area contributed by atoms with Crippen molar-refractivity contribution in [3.63, 3.8) is 0 Å². The lowest BCUT2D eigenvalue weighted by Gasteiger charge is -2.30. The van der Waals surface area contributed by atoms with Crippen molar-refractivity contribution in [1.29, 1.82) is 0 Å². The number of hydrogen-bond donors (Lipinski definition) is 3. The highest BCUT2D eigenvalue weighted by Gasteiger charge is 2.42. The molecule has 3 amide bonds. The molecule has 14 aromatic rings. The number of amides is 3. The SMILES string of the molecule is CC1(C)c2ccccc2-c2ccc(N(c3ccc(-c4ccc(-c5ccc(/C=C6\SC(=S)N(CC(=O)O)C6=O)s5)s4)cc3)c3ccc4c(c3)C(C)(C)c3ccccc3-4)cc21.CC1(C)c2ccccc2-c2ccc(N(c3ccc(-c4ccc(-c5ccc(CO)s5)s4)cc3)c3ccc4c(c3)C(C)(C)c3ccccc3-4)cc21.O=C(O)N1C(=O)CSC1=S. The maximum Gasteiger partial charge on any atom is 0.419 e. The molecule has 4 aliphatic carbocycles. The Kier molecular flexibility index (Phi) is 20.2. The van der Waals surface area contributed by atoms with Gasteiger partial charge in [-0.2, -0.15) is 4.90 Å². The van der Waals surface area contributed by atoms with Crippen LogP contribution in [0.15, 0.2) is 272 Å². The van der Waals surface area contributed by atoms with Crippen molar-refractivity contribution in [2.45, 2.75) is 83.7 Å². The van der Waals surface area contributed by atoms with Gasteiger partial charge < -0.3 is 25.1 Å². The topological polar surface area (TPSA) is 142 Å². The van der Waals surface area contributed by atoms with Crippen LogP contribution in [0.3, 0.4) is 0 Å². The second-order valence-electron chi connectivity index (χ2n) is 32.0. The van der Waals surface area contributed by atoms with E-state index in [-0.39, 0.29) is 48.6 Å². The summed E-state index contributed by atoms with van der Waals surface area (Å²) in [6.45, 7) is 18.4. The van der Waals surface area contributed by atoms with E-state index in [9.17, 15) is 29.4 Å². The number of imide groups is 1. The second kappa shape index (κ2) is 30.5. The Balaban J connectivity index is 0.000000147. The summed E-state index contributed by atoms with van der Waals surface area (Å²) in [6, 6.07) is 98.2. The molecule has 0 bridgehead atoms. The largest absolute Gasteiger partial charge is 0.480 e. The summed E-state index contributed by atoms with van der Waals surface area (Å²) in [7, 11) is 0. The molecule has 4 aromatic heterocycles.